The van der Waals surface area contributed by atoms with Crippen LogP contribution in [0.25, 0.3) is 0 Å². The molecule has 0 radical (unpaired) electrons. The van der Waals surface area contributed by atoms with Gasteiger partial charge in [0.2, 0.25) is 5.91 Å². The summed E-state index contributed by atoms with van der Waals surface area (Å²) in [4.78, 5) is 13.0. The van der Waals surface area contributed by atoms with Crippen LogP contribution in [0.15, 0.2) is 85.1 Å². The minimum atomic E-state index is -1.80. The van der Waals surface area contributed by atoms with E-state index in [2.05, 4.69) is 73.8 Å². The number of unbranched alkanes of at least 4 members (excludes halogenated alkanes) is 6. The summed E-state index contributed by atoms with van der Waals surface area (Å²) in [6, 6.07) is -0.987. The van der Waals surface area contributed by atoms with Crippen molar-refractivity contribution in [1.29, 1.82) is 0 Å². The van der Waals surface area contributed by atoms with Crippen LogP contribution in [0.4, 0.5) is 0 Å². The van der Waals surface area contributed by atoms with Gasteiger partial charge in [-0.1, -0.05) is 125 Å². The van der Waals surface area contributed by atoms with Crippen molar-refractivity contribution in [3.63, 3.8) is 0 Å². The van der Waals surface area contributed by atoms with Crippen LogP contribution in [0.5, 0.6) is 0 Å². The lowest BCUT2D eigenvalue weighted by molar-refractivity contribution is -0.359. The van der Waals surface area contributed by atoms with Crippen LogP contribution in [0.2, 0.25) is 0 Å². The summed E-state index contributed by atoms with van der Waals surface area (Å²) in [6.45, 7) is 2.50. The average Bonchev–Trinajstić information content (AvgIpc) is 3.24. The molecule has 2 heterocycles. The number of amides is 1. The van der Waals surface area contributed by atoms with Crippen molar-refractivity contribution in [2.24, 2.45) is 0 Å². The number of ether oxygens (including phenoxy) is 4. The van der Waals surface area contributed by atoms with Crippen molar-refractivity contribution in [3.8, 4) is 0 Å². The molecule has 2 fully saturated rings. The lowest BCUT2D eigenvalue weighted by Crippen LogP contribution is -2.65. The molecule has 2 saturated heterocycles. The van der Waals surface area contributed by atoms with Crippen LogP contribution < -0.4 is 5.32 Å². The number of carbonyl (C=O) groups is 1. The van der Waals surface area contributed by atoms with Gasteiger partial charge < -0.3 is 65.1 Å². The van der Waals surface area contributed by atoms with Crippen molar-refractivity contribution in [2.75, 3.05) is 19.8 Å². The Bertz CT molecular complexity index is 1330. The molecule has 2 aliphatic rings. The molecule has 0 aromatic heterocycles. The zero-order chi connectivity index (χ0) is 44.0. The molecule has 0 bridgehead atoms. The molecule has 0 saturated carbocycles. The summed E-state index contributed by atoms with van der Waals surface area (Å²) in [7, 11) is 0. The second-order valence-corrected chi connectivity index (χ2v) is 15.1. The summed E-state index contributed by atoms with van der Waals surface area (Å²) in [6.07, 6.45) is 23.8. The predicted molar refractivity (Wildman–Crippen MR) is 230 cm³/mol. The number of hydrogen-bond acceptors (Lipinski definition) is 13. The lowest BCUT2D eigenvalue weighted by atomic mass is 9.97. The molecule has 9 N–H and O–H groups in total. The molecule has 60 heavy (non-hydrogen) atoms. The van der Waals surface area contributed by atoms with Gasteiger partial charge in [-0.2, -0.15) is 0 Å². The monoisotopic (exact) mass is 850 g/mol. The predicted octanol–water partition coefficient (Wildman–Crippen LogP) is 3.87. The molecule has 14 nitrogen and oxygen atoms in total. The summed E-state index contributed by atoms with van der Waals surface area (Å²) in [5.41, 5.74) is 0. The van der Waals surface area contributed by atoms with Gasteiger partial charge in [0, 0.05) is 6.42 Å². The van der Waals surface area contributed by atoms with E-state index in [1.165, 1.54) is 25.7 Å². The van der Waals surface area contributed by atoms with E-state index in [1.54, 1.807) is 12.2 Å². The van der Waals surface area contributed by atoms with Gasteiger partial charge in [0.1, 0.15) is 48.8 Å². The number of hydrogen-bond donors (Lipinski definition) is 9. The van der Waals surface area contributed by atoms with E-state index in [-0.39, 0.29) is 18.9 Å². The molecule has 0 aromatic rings. The quantitative estimate of drug-likeness (QED) is 0.0370. The fourth-order valence-corrected chi connectivity index (χ4v) is 6.49. The molecule has 0 spiro atoms. The lowest BCUT2D eigenvalue weighted by Gasteiger charge is -2.46. The summed E-state index contributed by atoms with van der Waals surface area (Å²) in [5.74, 6) is -0.384. The number of aliphatic hydroxyl groups excluding tert-OH is 8. The Morgan fingerprint density at radius 2 is 1.17 bits per heavy atom. The van der Waals surface area contributed by atoms with E-state index >= 15 is 0 Å². The van der Waals surface area contributed by atoms with Crippen LogP contribution >= 0.6 is 0 Å². The van der Waals surface area contributed by atoms with E-state index < -0.39 is 86.8 Å². The zero-order valence-corrected chi connectivity index (χ0v) is 35.7. The second kappa shape index (κ2) is 32.8. The van der Waals surface area contributed by atoms with Gasteiger partial charge in [0.05, 0.1) is 32.0 Å². The second-order valence-electron chi connectivity index (χ2n) is 15.1. The SMILES string of the molecule is CC/C=C\C/C=C\C/C=C\C/C=C\C/C=C\CC(=O)NC(COC1OC(CO)C(OC2OC(CO)C(O)C(O)C2O)C(O)C1O)C(O)/C=C/CC/C=C/CCCCCCC. The Morgan fingerprint density at radius 1 is 0.617 bits per heavy atom. The van der Waals surface area contributed by atoms with Crippen LogP contribution in [0.3, 0.4) is 0 Å². The van der Waals surface area contributed by atoms with Crippen molar-refractivity contribution in [3.05, 3.63) is 85.1 Å². The first-order valence-electron chi connectivity index (χ1n) is 21.8. The van der Waals surface area contributed by atoms with Crippen LogP contribution in [0.1, 0.15) is 104 Å². The largest absolute Gasteiger partial charge is 0.394 e. The third-order valence-electron chi connectivity index (χ3n) is 10.1. The topological polar surface area (TPSA) is 228 Å². The Hall–Kier alpha value is -2.83. The Balaban J connectivity index is 1.98. The molecular weight excluding hydrogens is 774 g/mol. The van der Waals surface area contributed by atoms with Gasteiger partial charge in [0.15, 0.2) is 12.6 Å². The highest BCUT2D eigenvalue weighted by Gasteiger charge is 2.50. The first-order chi connectivity index (χ1) is 29.1. The maximum absolute atomic E-state index is 13.0. The molecule has 2 aliphatic heterocycles. The van der Waals surface area contributed by atoms with E-state index in [0.29, 0.717) is 12.8 Å². The molecular formula is C46H75NO13. The highest BCUT2D eigenvalue weighted by molar-refractivity contribution is 5.77. The molecule has 0 aliphatic carbocycles. The highest BCUT2D eigenvalue weighted by Crippen LogP contribution is 2.29. The smallest absolute Gasteiger partial charge is 0.224 e. The standard InChI is InChI=1S/C46H75NO13/c1-3-5-7-9-11-13-15-16-17-18-20-22-24-26-28-30-38(51)47-34(35(50)29-27-25-23-21-19-14-12-10-8-6-4-2)33-57-45-43(56)41(54)44(37(32-49)59-45)60-46-42(55)40(53)39(52)36(31-48)58-46/h5,7,11,13,16-17,19-22,26-29,34-37,39-46,48-50,52-56H,3-4,6,8-10,12,14-15,18,23-25,30-33H2,1-2H3,(H,47,51)/b7-5-,13-11-,17-16-,21-19+,22-20-,28-26-,29-27+. The maximum atomic E-state index is 13.0. The van der Waals surface area contributed by atoms with Crippen LogP contribution in [-0.2, 0) is 23.7 Å². The van der Waals surface area contributed by atoms with Gasteiger partial charge in [-0.15, -0.1) is 0 Å². The summed E-state index contributed by atoms with van der Waals surface area (Å²) in [5, 5.41) is 86.2. The third-order valence-corrected chi connectivity index (χ3v) is 10.1. The van der Waals surface area contributed by atoms with Crippen molar-refractivity contribution < 1.29 is 64.6 Å². The van der Waals surface area contributed by atoms with E-state index in [9.17, 15) is 45.6 Å². The Kier molecular flexibility index (Phi) is 29.2. The molecule has 12 unspecified atom stereocenters. The molecule has 2 rings (SSSR count). The molecule has 12 atom stereocenters. The number of carbonyl (C=O) groups excluding carboxylic acids is 1. The van der Waals surface area contributed by atoms with Crippen molar-refractivity contribution in [2.45, 2.75) is 177 Å². The number of nitrogens with one attached hydrogen (secondary N) is 1. The number of allylic oxidation sites excluding steroid dienone is 12. The van der Waals surface area contributed by atoms with Crippen LogP contribution in [-0.4, -0.2) is 140 Å². The number of aliphatic hydroxyl groups is 8. The Labute approximate surface area is 357 Å². The molecule has 1 amide bonds. The first-order valence-corrected chi connectivity index (χ1v) is 21.8. The molecule has 0 aromatic carbocycles. The molecule has 14 heteroatoms. The van der Waals surface area contributed by atoms with Gasteiger partial charge in [-0.25, -0.2) is 0 Å². The third kappa shape index (κ3) is 20.8. The zero-order valence-electron chi connectivity index (χ0n) is 35.7. The van der Waals surface area contributed by atoms with Crippen molar-refractivity contribution in [1.82, 2.24) is 5.32 Å². The van der Waals surface area contributed by atoms with Gasteiger partial charge in [-0.3, -0.25) is 4.79 Å². The fourth-order valence-electron chi connectivity index (χ4n) is 6.49. The van der Waals surface area contributed by atoms with Crippen LogP contribution in [0, 0.1) is 0 Å². The minimum absolute atomic E-state index is 0.0362. The van der Waals surface area contributed by atoms with E-state index in [4.69, 9.17) is 18.9 Å². The Morgan fingerprint density at radius 3 is 1.78 bits per heavy atom. The normalized spacial score (nSPS) is 29.1. The number of rotatable bonds is 30. The minimum Gasteiger partial charge on any atom is -0.394 e. The van der Waals surface area contributed by atoms with Gasteiger partial charge in [0.25, 0.3) is 0 Å². The van der Waals surface area contributed by atoms with Crippen molar-refractivity contribution >= 4 is 5.91 Å². The maximum Gasteiger partial charge on any atom is 0.224 e. The van der Waals surface area contributed by atoms with Gasteiger partial charge >= 0.3 is 0 Å². The van der Waals surface area contributed by atoms with E-state index in [0.717, 1.165) is 44.9 Å². The van der Waals surface area contributed by atoms with E-state index in [1.807, 2.05) is 18.2 Å². The highest BCUT2D eigenvalue weighted by atomic mass is 16.7. The summed E-state index contributed by atoms with van der Waals surface area (Å²) < 4.78 is 22.5. The summed E-state index contributed by atoms with van der Waals surface area (Å²) >= 11 is 0. The fraction of sp³-hybridized carbons (Fsp3) is 0.674. The molecule has 342 valence electrons. The average molecular weight is 850 g/mol. The first kappa shape index (κ1) is 53.3. The van der Waals surface area contributed by atoms with Gasteiger partial charge in [-0.05, 0) is 57.8 Å².